The summed E-state index contributed by atoms with van der Waals surface area (Å²) in [4.78, 5) is 34.1. The van der Waals surface area contributed by atoms with Crippen LogP contribution in [0.25, 0.3) is 0 Å². The zero-order valence-corrected chi connectivity index (χ0v) is 15.7. The first-order chi connectivity index (χ1) is 12.8. The van der Waals surface area contributed by atoms with Crippen LogP contribution in [-0.2, 0) is 16.0 Å². The van der Waals surface area contributed by atoms with Gasteiger partial charge >= 0.3 is 5.97 Å². The Kier molecular flexibility index (Phi) is 6.90. The molecule has 0 saturated carbocycles. The molecule has 2 rings (SSSR count). The van der Waals surface area contributed by atoms with E-state index in [2.05, 4.69) is 12.2 Å². The number of ether oxygens (including phenoxy) is 1. The highest BCUT2D eigenvalue weighted by molar-refractivity contribution is 6.33. The summed E-state index contributed by atoms with van der Waals surface area (Å²) >= 11 is 5.87. The van der Waals surface area contributed by atoms with E-state index in [0.29, 0.717) is 0 Å². The number of rotatable bonds is 7. The minimum atomic E-state index is -0.829. The van der Waals surface area contributed by atoms with Gasteiger partial charge in [-0.15, -0.1) is 0 Å². The standard InChI is InChI=1S/C19H19ClN2O5/c1-3-13-4-6-14(7-5-13)12(2)21-18(23)11-27-19(24)16-9-8-15(22(25)26)10-17(16)20/h4-10,12H,3,11H2,1-2H3,(H,21,23)/t12-/m1/s1. The highest BCUT2D eigenvalue weighted by Crippen LogP contribution is 2.23. The summed E-state index contributed by atoms with van der Waals surface area (Å²) in [6, 6.07) is 11.0. The molecule has 0 aliphatic carbocycles. The molecule has 0 aliphatic heterocycles. The van der Waals surface area contributed by atoms with Crippen molar-refractivity contribution in [2.24, 2.45) is 0 Å². The third kappa shape index (κ3) is 5.52. The van der Waals surface area contributed by atoms with Crippen molar-refractivity contribution in [3.05, 3.63) is 74.3 Å². The molecule has 27 heavy (non-hydrogen) atoms. The summed E-state index contributed by atoms with van der Waals surface area (Å²) in [5.74, 6) is -1.29. The molecular weight excluding hydrogens is 372 g/mol. The van der Waals surface area contributed by atoms with Gasteiger partial charge in [-0.05, 0) is 30.5 Å². The number of benzene rings is 2. The second-order valence-electron chi connectivity index (χ2n) is 5.88. The van der Waals surface area contributed by atoms with Crippen molar-refractivity contribution < 1.29 is 19.2 Å². The molecule has 0 aromatic heterocycles. The summed E-state index contributed by atoms with van der Waals surface area (Å²) in [6.07, 6.45) is 0.933. The number of carbonyl (C=O) groups is 2. The second-order valence-corrected chi connectivity index (χ2v) is 6.29. The van der Waals surface area contributed by atoms with E-state index in [1.54, 1.807) is 0 Å². The van der Waals surface area contributed by atoms with Crippen LogP contribution >= 0.6 is 11.6 Å². The van der Waals surface area contributed by atoms with Gasteiger partial charge in [-0.2, -0.15) is 0 Å². The van der Waals surface area contributed by atoms with Crippen molar-refractivity contribution in [2.75, 3.05) is 6.61 Å². The summed E-state index contributed by atoms with van der Waals surface area (Å²) < 4.78 is 4.94. The van der Waals surface area contributed by atoms with E-state index >= 15 is 0 Å². The molecule has 0 heterocycles. The van der Waals surface area contributed by atoms with Crippen LogP contribution in [0.4, 0.5) is 5.69 Å². The Balaban J connectivity index is 1.90. The molecule has 2 aromatic rings. The number of esters is 1. The lowest BCUT2D eigenvalue weighted by Gasteiger charge is -2.15. The number of nitro benzene ring substituents is 1. The molecule has 0 fully saturated rings. The van der Waals surface area contributed by atoms with E-state index in [9.17, 15) is 19.7 Å². The number of nitrogens with zero attached hydrogens (tertiary/aromatic N) is 1. The van der Waals surface area contributed by atoms with Crippen LogP contribution < -0.4 is 5.32 Å². The summed E-state index contributed by atoms with van der Waals surface area (Å²) in [6.45, 7) is 3.41. The normalized spacial score (nSPS) is 11.5. The fraction of sp³-hybridized carbons (Fsp3) is 0.263. The Morgan fingerprint density at radius 1 is 1.22 bits per heavy atom. The van der Waals surface area contributed by atoms with Gasteiger partial charge in [-0.3, -0.25) is 14.9 Å². The maximum Gasteiger partial charge on any atom is 0.340 e. The summed E-state index contributed by atoms with van der Waals surface area (Å²) in [7, 11) is 0. The van der Waals surface area contributed by atoms with Crippen LogP contribution in [0.2, 0.25) is 5.02 Å². The van der Waals surface area contributed by atoms with Gasteiger partial charge in [0.15, 0.2) is 6.61 Å². The summed E-state index contributed by atoms with van der Waals surface area (Å²) in [5, 5.41) is 13.3. The topological polar surface area (TPSA) is 98.5 Å². The lowest BCUT2D eigenvalue weighted by Crippen LogP contribution is -2.31. The monoisotopic (exact) mass is 390 g/mol. The maximum atomic E-state index is 12.0. The Hall–Kier alpha value is -2.93. The Morgan fingerprint density at radius 2 is 1.89 bits per heavy atom. The Labute approximate surface area is 161 Å². The fourth-order valence-corrected chi connectivity index (χ4v) is 2.65. The number of non-ortho nitro benzene ring substituents is 1. The molecule has 7 nitrogen and oxygen atoms in total. The highest BCUT2D eigenvalue weighted by Gasteiger charge is 2.18. The minimum Gasteiger partial charge on any atom is -0.452 e. The number of hydrogen-bond donors (Lipinski definition) is 1. The van der Waals surface area contributed by atoms with E-state index in [4.69, 9.17) is 16.3 Å². The molecule has 1 atom stereocenters. The quantitative estimate of drug-likeness (QED) is 0.440. The van der Waals surface area contributed by atoms with Gasteiger partial charge in [-0.25, -0.2) is 4.79 Å². The molecule has 0 aliphatic rings. The van der Waals surface area contributed by atoms with Crippen LogP contribution in [0.3, 0.4) is 0 Å². The first kappa shape index (κ1) is 20.4. The van der Waals surface area contributed by atoms with Crippen molar-refractivity contribution in [1.29, 1.82) is 0 Å². The second kappa shape index (κ2) is 9.14. The number of hydrogen-bond acceptors (Lipinski definition) is 5. The van der Waals surface area contributed by atoms with Crippen LogP contribution in [-0.4, -0.2) is 23.4 Å². The van der Waals surface area contributed by atoms with Gasteiger partial charge in [0.05, 0.1) is 21.6 Å². The highest BCUT2D eigenvalue weighted by atomic mass is 35.5. The van der Waals surface area contributed by atoms with E-state index in [1.807, 2.05) is 31.2 Å². The number of nitro groups is 1. The van der Waals surface area contributed by atoms with Crippen molar-refractivity contribution in [3.8, 4) is 0 Å². The third-order valence-electron chi connectivity index (χ3n) is 3.98. The Bertz CT molecular complexity index is 852. The van der Waals surface area contributed by atoms with Crippen LogP contribution in [0.1, 0.15) is 41.4 Å². The zero-order chi connectivity index (χ0) is 20.0. The molecule has 0 saturated heterocycles. The molecule has 1 N–H and O–H groups in total. The molecule has 0 unspecified atom stereocenters. The maximum absolute atomic E-state index is 12.0. The molecule has 0 bridgehead atoms. The molecule has 0 spiro atoms. The Morgan fingerprint density at radius 3 is 2.44 bits per heavy atom. The molecular formula is C19H19ClN2O5. The van der Waals surface area contributed by atoms with E-state index < -0.39 is 23.4 Å². The van der Waals surface area contributed by atoms with Crippen molar-refractivity contribution in [1.82, 2.24) is 5.32 Å². The lowest BCUT2D eigenvalue weighted by molar-refractivity contribution is -0.384. The lowest BCUT2D eigenvalue weighted by atomic mass is 10.1. The third-order valence-corrected chi connectivity index (χ3v) is 4.30. The first-order valence-electron chi connectivity index (χ1n) is 8.31. The van der Waals surface area contributed by atoms with Crippen molar-refractivity contribution in [3.63, 3.8) is 0 Å². The first-order valence-corrected chi connectivity index (χ1v) is 8.69. The number of carbonyl (C=O) groups excluding carboxylic acids is 2. The van der Waals surface area contributed by atoms with E-state index in [0.717, 1.165) is 24.1 Å². The average molecular weight is 391 g/mol. The number of halogens is 1. The minimum absolute atomic E-state index is 0.0433. The molecule has 8 heteroatoms. The van der Waals surface area contributed by atoms with E-state index in [1.165, 1.54) is 11.6 Å². The largest absolute Gasteiger partial charge is 0.452 e. The van der Waals surface area contributed by atoms with Gasteiger partial charge in [0, 0.05) is 12.1 Å². The average Bonchev–Trinajstić information content (AvgIpc) is 2.65. The zero-order valence-electron chi connectivity index (χ0n) is 14.9. The van der Waals surface area contributed by atoms with Gasteiger partial charge in [0.2, 0.25) is 0 Å². The van der Waals surface area contributed by atoms with Crippen LogP contribution in [0, 0.1) is 10.1 Å². The smallest absolute Gasteiger partial charge is 0.340 e. The van der Waals surface area contributed by atoms with E-state index in [-0.39, 0.29) is 22.3 Å². The van der Waals surface area contributed by atoms with Crippen LogP contribution in [0.5, 0.6) is 0 Å². The molecule has 0 radical (unpaired) electrons. The predicted molar refractivity (Wildman–Crippen MR) is 101 cm³/mol. The number of aryl methyl sites for hydroxylation is 1. The van der Waals surface area contributed by atoms with Gasteiger partial charge in [0.1, 0.15) is 0 Å². The SMILES string of the molecule is CCc1ccc([C@@H](C)NC(=O)COC(=O)c2ccc([N+](=O)[O-])cc2Cl)cc1. The van der Waals surface area contributed by atoms with Crippen molar-refractivity contribution >= 4 is 29.2 Å². The molecule has 142 valence electrons. The summed E-state index contributed by atoms with van der Waals surface area (Å²) in [5.41, 5.74) is 1.85. The van der Waals surface area contributed by atoms with Gasteiger partial charge in [-0.1, -0.05) is 42.8 Å². The van der Waals surface area contributed by atoms with Gasteiger partial charge in [0.25, 0.3) is 11.6 Å². The molecule has 2 aromatic carbocycles. The fourth-order valence-electron chi connectivity index (χ4n) is 2.40. The van der Waals surface area contributed by atoms with Crippen molar-refractivity contribution in [2.45, 2.75) is 26.3 Å². The van der Waals surface area contributed by atoms with Gasteiger partial charge < -0.3 is 10.1 Å². The number of nitrogens with one attached hydrogen (secondary N) is 1. The number of amides is 1. The van der Waals surface area contributed by atoms with Crippen LogP contribution in [0.15, 0.2) is 42.5 Å². The molecule has 1 amide bonds. The predicted octanol–water partition coefficient (Wildman–Crippen LogP) is 3.84.